The van der Waals surface area contributed by atoms with Gasteiger partial charge in [0.25, 0.3) is 0 Å². The van der Waals surface area contributed by atoms with Crippen LogP contribution in [0.3, 0.4) is 0 Å². The summed E-state index contributed by atoms with van der Waals surface area (Å²) in [6.07, 6.45) is 9.33. The van der Waals surface area contributed by atoms with Gasteiger partial charge in [0.1, 0.15) is 5.76 Å². The Morgan fingerprint density at radius 1 is 1.03 bits per heavy atom. The van der Waals surface area contributed by atoms with Crippen molar-refractivity contribution in [1.29, 1.82) is 0 Å². The van der Waals surface area contributed by atoms with E-state index in [1.807, 2.05) is 0 Å². The number of carbonyl (C=O) groups is 1. The van der Waals surface area contributed by atoms with Crippen molar-refractivity contribution >= 4 is 5.97 Å². The number of fused-ring (bicyclic) bond motifs is 4. The van der Waals surface area contributed by atoms with Crippen molar-refractivity contribution in [2.24, 2.45) is 46.3 Å². The van der Waals surface area contributed by atoms with E-state index < -0.39 is 0 Å². The minimum Gasteiger partial charge on any atom is -0.431 e. The zero-order valence-corrected chi connectivity index (χ0v) is 20.2. The highest BCUT2D eigenvalue weighted by Crippen LogP contribution is 2.64. The lowest BCUT2D eigenvalue weighted by Gasteiger charge is -2.53. The Balaban J connectivity index is 1.56. The third kappa shape index (κ3) is 3.48. The Morgan fingerprint density at radius 3 is 2.47 bits per heavy atom. The lowest BCUT2D eigenvalue weighted by atomic mass is 9.54. The van der Waals surface area contributed by atoms with E-state index in [1.165, 1.54) is 37.7 Å². The van der Waals surface area contributed by atoms with Crippen LogP contribution >= 0.6 is 0 Å². The number of ether oxygens (including phenoxy) is 1. The van der Waals surface area contributed by atoms with E-state index in [4.69, 9.17) is 4.74 Å². The van der Waals surface area contributed by atoms with Crippen LogP contribution in [0.2, 0.25) is 0 Å². The van der Waals surface area contributed by atoms with Gasteiger partial charge in [-0.2, -0.15) is 0 Å². The largest absolute Gasteiger partial charge is 0.431 e. The van der Waals surface area contributed by atoms with Crippen molar-refractivity contribution in [3.63, 3.8) is 0 Å². The van der Waals surface area contributed by atoms with Crippen LogP contribution in [0.4, 0.5) is 0 Å². The van der Waals surface area contributed by atoms with Crippen LogP contribution in [0.1, 0.15) is 99.3 Å². The summed E-state index contributed by atoms with van der Waals surface area (Å²) in [5.41, 5.74) is 1.60. The summed E-state index contributed by atoms with van der Waals surface area (Å²) < 4.78 is 6.14. The first-order valence-electron chi connectivity index (χ1n) is 12.7. The summed E-state index contributed by atoms with van der Waals surface area (Å²) >= 11 is 0. The van der Waals surface area contributed by atoms with Crippen LogP contribution in [0, 0.1) is 46.3 Å². The molecule has 0 bridgehead atoms. The predicted octanol–water partition coefficient (Wildman–Crippen LogP) is 6.50. The maximum Gasteiger partial charge on any atom is 0.315 e. The molecule has 0 radical (unpaired) electrons. The number of allylic oxidation sites excluding steroid dienone is 2. The van der Waals surface area contributed by atoms with Crippen molar-refractivity contribution in [3.05, 3.63) is 11.3 Å². The molecule has 4 aliphatic rings. The van der Waals surface area contributed by atoms with Crippen molar-refractivity contribution in [3.8, 4) is 0 Å². The van der Waals surface area contributed by atoms with Gasteiger partial charge >= 0.3 is 5.97 Å². The molecule has 2 unspecified atom stereocenters. The molecule has 1 aliphatic heterocycles. The lowest BCUT2D eigenvalue weighted by Crippen LogP contribution is -2.50. The summed E-state index contributed by atoms with van der Waals surface area (Å²) in [6.45, 7) is 14.3. The molecule has 0 aromatic rings. The zero-order chi connectivity index (χ0) is 21.8. The van der Waals surface area contributed by atoms with E-state index in [2.05, 4.69) is 41.5 Å². The van der Waals surface area contributed by atoms with Crippen LogP contribution in [0.25, 0.3) is 0 Å². The molecule has 2 saturated carbocycles. The van der Waals surface area contributed by atoms with Crippen molar-refractivity contribution < 1.29 is 14.6 Å². The number of aliphatic hydroxyl groups is 1. The van der Waals surface area contributed by atoms with E-state index in [1.54, 1.807) is 0 Å². The second-order valence-electron chi connectivity index (χ2n) is 12.2. The fourth-order valence-electron chi connectivity index (χ4n) is 7.66. The van der Waals surface area contributed by atoms with Gasteiger partial charge in [-0.05, 0) is 79.6 Å². The molecular weight excluding hydrogens is 372 g/mol. The van der Waals surface area contributed by atoms with Gasteiger partial charge in [0.2, 0.25) is 0 Å². The number of rotatable bonds is 5. The minimum atomic E-state index is -0.350. The fourth-order valence-corrected chi connectivity index (χ4v) is 7.66. The molecule has 3 aliphatic carbocycles. The van der Waals surface area contributed by atoms with E-state index in [0.717, 1.165) is 48.7 Å². The fraction of sp³-hybridized carbons (Fsp3) is 0.889. The predicted molar refractivity (Wildman–Crippen MR) is 121 cm³/mol. The molecule has 0 spiro atoms. The van der Waals surface area contributed by atoms with Crippen molar-refractivity contribution in [2.75, 3.05) is 0 Å². The third-order valence-electron chi connectivity index (χ3n) is 10.3. The Hall–Kier alpha value is -0.830. The minimum absolute atomic E-state index is 0.0680. The first-order valence-corrected chi connectivity index (χ1v) is 12.7. The highest BCUT2D eigenvalue weighted by molar-refractivity contribution is 5.77. The summed E-state index contributed by atoms with van der Waals surface area (Å²) in [5.74, 6) is 4.26. The molecule has 8 atom stereocenters. The molecule has 3 heteroatoms. The monoisotopic (exact) mass is 416 g/mol. The van der Waals surface area contributed by atoms with Crippen molar-refractivity contribution in [2.45, 2.75) is 105 Å². The number of hydrogen-bond donors (Lipinski definition) is 1. The number of aliphatic hydroxyl groups excluding tert-OH is 1. The smallest absolute Gasteiger partial charge is 0.315 e. The summed E-state index contributed by atoms with van der Waals surface area (Å²) in [4.78, 5) is 13.0. The topological polar surface area (TPSA) is 46.5 Å². The Kier molecular flexibility index (Phi) is 5.92. The zero-order valence-electron chi connectivity index (χ0n) is 20.2. The highest BCUT2D eigenvalue weighted by atomic mass is 16.5. The molecule has 4 rings (SSSR count). The average molecular weight is 417 g/mol. The van der Waals surface area contributed by atoms with Crippen LogP contribution in [0.15, 0.2) is 11.3 Å². The third-order valence-corrected chi connectivity index (χ3v) is 10.3. The highest BCUT2D eigenvalue weighted by Gasteiger charge is 2.59. The molecule has 3 nitrogen and oxygen atoms in total. The Morgan fingerprint density at radius 2 is 1.77 bits per heavy atom. The first-order chi connectivity index (χ1) is 14.1. The molecule has 0 amide bonds. The number of hydrogen-bond acceptors (Lipinski definition) is 3. The maximum atomic E-state index is 13.0. The van der Waals surface area contributed by atoms with Gasteiger partial charge in [-0.25, -0.2) is 0 Å². The van der Waals surface area contributed by atoms with E-state index in [0.29, 0.717) is 12.3 Å². The van der Waals surface area contributed by atoms with Gasteiger partial charge in [-0.15, -0.1) is 0 Å². The summed E-state index contributed by atoms with van der Waals surface area (Å²) in [5, 5.41) is 10.2. The molecule has 1 N–H and O–H groups in total. The molecule has 0 aromatic carbocycles. The van der Waals surface area contributed by atoms with Crippen LogP contribution in [0.5, 0.6) is 0 Å². The van der Waals surface area contributed by atoms with Crippen LogP contribution < -0.4 is 0 Å². The lowest BCUT2D eigenvalue weighted by molar-refractivity contribution is -0.159. The van der Waals surface area contributed by atoms with Gasteiger partial charge in [0.05, 0.1) is 12.0 Å². The molecule has 0 saturated heterocycles. The molecule has 170 valence electrons. The normalized spacial score (nSPS) is 43.0. The molecular formula is C27H44O3. The second-order valence-corrected chi connectivity index (χ2v) is 12.2. The van der Waals surface area contributed by atoms with Crippen LogP contribution in [-0.2, 0) is 9.53 Å². The van der Waals surface area contributed by atoms with Crippen LogP contribution in [-0.4, -0.2) is 17.2 Å². The van der Waals surface area contributed by atoms with E-state index in [9.17, 15) is 9.90 Å². The van der Waals surface area contributed by atoms with E-state index in [-0.39, 0.29) is 28.8 Å². The van der Waals surface area contributed by atoms with Gasteiger partial charge in [0.15, 0.2) is 0 Å². The van der Waals surface area contributed by atoms with Gasteiger partial charge in [-0.1, -0.05) is 54.4 Å². The standard InChI is InChI=1S/C27H44O3/c1-16(2)17(3)7-8-18(4)20-9-10-21-24-22(12-14-26(20,21)5)27(6)13-11-19(28)15-23(27)25(29)30-24/h16-21,23,28H,7-15H2,1-6H3/t17-,18+,19?,20+,21-,23?,26+,27+/m0/s1. The second kappa shape index (κ2) is 7.94. The SMILES string of the molecule is CC(C)[C@@H](C)CC[C@@H](C)[C@H]1CC[C@H]2C3=C(CC[C@]12C)[C@@]1(C)CCC(O)CC1C(=O)O3. The average Bonchev–Trinajstić information content (AvgIpc) is 3.04. The van der Waals surface area contributed by atoms with Gasteiger partial charge in [-0.3, -0.25) is 4.79 Å². The Bertz CT molecular complexity index is 709. The molecule has 1 heterocycles. The van der Waals surface area contributed by atoms with Crippen molar-refractivity contribution in [1.82, 2.24) is 0 Å². The quantitative estimate of drug-likeness (QED) is 0.520. The first kappa shape index (κ1) is 22.4. The van der Waals surface area contributed by atoms with Gasteiger partial charge < -0.3 is 9.84 Å². The summed E-state index contributed by atoms with van der Waals surface area (Å²) in [6, 6.07) is 0. The molecule has 30 heavy (non-hydrogen) atoms. The number of carbonyl (C=O) groups excluding carboxylic acids is 1. The molecule has 2 fully saturated rings. The Labute approximate surface area is 184 Å². The molecule has 0 aromatic heterocycles. The summed E-state index contributed by atoms with van der Waals surface area (Å²) in [7, 11) is 0. The maximum absolute atomic E-state index is 13.0. The number of esters is 1. The van der Waals surface area contributed by atoms with Gasteiger partial charge in [0, 0.05) is 11.3 Å². The van der Waals surface area contributed by atoms with E-state index >= 15 is 0 Å².